The summed E-state index contributed by atoms with van der Waals surface area (Å²) in [6.45, 7) is 3.64. The first-order chi connectivity index (χ1) is 7.00. The third-order valence-electron chi connectivity index (χ3n) is 2.29. The molecule has 0 spiro atoms. The van der Waals surface area contributed by atoms with E-state index in [4.69, 9.17) is 5.73 Å². The maximum atomic E-state index is 11.7. The first kappa shape index (κ1) is 15.4. The zero-order valence-electron chi connectivity index (χ0n) is 9.24. The molecule has 2 unspecified atom stereocenters. The lowest BCUT2D eigenvalue weighted by atomic mass is 10.0. The van der Waals surface area contributed by atoms with E-state index in [-0.39, 0.29) is 30.3 Å². The molecule has 0 aliphatic heterocycles. The molecule has 16 heavy (non-hydrogen) atoms. The minimum absolute atomic E-state index is 0. The van der Waals surface area contributed by atoms with Crippen LogP contribution in [0.3, 0.4) is 0 Å². The van der Waals surface area contributed by atoms with Crippen molar-refractivity contribution in [2.45, 2.75) is 19.9 Å². The molecule has 1 aromatic carbocycles. The van der Waals surface area contributed by atoms with Crippen LogP contribution >= 0.6 is 28.3 Å². The molecule has 5 heteroatoms. The van der Waals surface area contributed by atoms with Crippen molar-refractivity contribution in [3.63, 3.8) is 0 Å². The molecule has 2 atom stereocenters. The molecule has 3 nitrogen and oxygen atoms in total. The van der Waals surface area contributed by atoms with E-state index in [1.54, 1.807) is 0 Å². The Morgan fingerprint density at radius 3 is 2.56 bits per heavy atom. The van der Waals surface area contributed by atoms with Crippen molar-refractivity contribution in [3.05, 3.63) is 28.7 Å². The molecule has 3 N–H and O–H groups in total. The maximum absolute atomic E-state index is 11.7. The number of benzene rings is 1. The van der Waals surface area contributed by atoms with Gasteiger partial charge in [-0.15, -0.1) is 12.4 Å². The predicted octanol–water partition coefficient (Wildman–Crippen LogP) is 2.79. The molecule has 1 rings (SSSR count). The molecule has 0 aliphatic rings. The number of hydrogen-bond acceptors (Lipinski definition) is 2. The molecule has 0 fully saturated rings. The van der Waals surface area contributed by atoms with Crippen LogP contribution in [0.15, 0.2) is 28.7 Å². The van der Waals surface area contributed by atoms with E-state index in [2.05, 4.69) is 21.2 Å². The van der Waals surface area contributed by atoms with Gasteiger partial charge in [-0.2, -0.15) is 0 Å². The zero-order valence-corrected chi connectivity index (χ0v) is 11.6. The van der Waals surface area contributed by atoms with Crippen LogP contribution in [0, 0.1) is 5.92 Å². The lowest BCUT2D eigenvalue weighted by Crippen LogP contribution is -2.34. The molecule has 0 aromatic heterocycles. The van der Waals surface area contributed by atoms with Crippen LogP contribution in [0.5, 0.6) is 0 Å². The Hall–Kier alpha value is -0.580. The summed E-state index contributed by atoms with van der Waals surface area (Å²) in [5, 5.41) is 2.81. The van der Waals surface area contributed by atoms with Crippen molar-refractivity contribution in [2.75, 3.05) is 5.32 Å². The van der Waals surface area contributed by atoms with Gasteiger partial charge in [-0.3, -0.25) is 4.79 Å². The molecular weight excluding hydrogens is 291 g/mol. The molecule has 0 heterocycles. The Morgan fingerprint density at radius 2 is 2.06 bits per heavy atom. The van der Waals surface area contributed by atoms with Crippen LogP contribution in [-0.2, 0) is 4.79 Å². The number of anilines is 1. The van der Waals surface area contributed by atoms with E-state index in [9.17, 15) is 4.79 Å². The lowest BCUT2D eigenvalue weighted by molar-refractivity contribution is -0.119. The van der Waals surface area contributed by atoms with Gasteiger partial charge in [-0.25, -0.2) is 0 Å². The molecule has 1 aromatic rings. The second-order valence-corrected chi connectivity index (χ2v) is 4.56. The number of nitrogens with two attached hydrogens (primary N) is 1. The predicted molar refractivity (Wildman–Crippen MR) is 72.8 cm³/mol. The van der Waals surface area contributed by atoms with Crippen LogP contribution in [0.25, 0.3) is 0 Å². The van der Waals surface area contributed by atoms with Crippen molar-refractivity contribution in [1.29, 1.82) is 0 Å². The summed E-state index contributed by atoms with van der Waals surface area (Å²) in [6, 6.07) is 7.33. The highest BCUT2D eigenvalue weighted by molar-refractivity contribution is 9.10. The average Bonchev–Trinajstić information content (AvgIpc) is 2.16. The molecule has 90 valence electrons. The lowest BCUT2D eigenvalue weighted by Gasteiger charge is -2.15. The fourth-order valence-electron chi connectivity index (χ4n) is 1.06. The highest BCUT2D eigenvalue weighted by Crippen LogP contribution is 2.16. The van der Waals surface area contributed by atoms with Gasteiger partial charge in [0.25, 0.3) is 0 Å². The summed E-state index contributed by atoms with van der Waals surface area (Å²) in [6.07, 6.45) is 0. The van der Waals surface area contributed by atoms with E-state index in [1.807, 2.05) is 38.1 Å². The fourth-order valence-corrected chi connectivity index (χ4v) is 1.46. The van der Waals surface area contributed by atoms with Crippen LogP contribution in [0.2, 0.25) is 0 Å². The van der Waals surface area contributed by atoms with Gasteiger partial charge < -0.3 is 11.1 Å². The largest absolute Gasteiger partial charge is 0.327 e. The fraction of sp³-hybridized carbons (Fsp3) is 0.364. The van der Waals surface area contributed by atoms with Crippen LogP contribution in [0.1, 0.15) is 13.8 Å². The molecule has 0 bridgehead atoms. The maximum Gasteiger partial charge on any atom is 0.228 e. The van der Waals surface area contributed by atoms with E-state index >= 15 is 0 Å². The van der Waals surface area contributed by atoms with Gasteiger partial charge >= 0.3 is 0 Å². The van der Waals surface area contributed by atoms with Gasteiger partial charge in [0.1, 0.15) is 0 Å². The molecular formula is C11H16BrClN2O. The summed E-state index contributed by atoms with van der Waals surface area (Å²) in [4.78, 5) is 11.7. The van der Waals surface area contributed by atoms with Gasteiger partial charge in [0, 0.05) is 16.2 Å². The molecule has 0 aliphatic carbocycles. The molecule has 0 saturated carbocycles. The summed E-state index contributed by atoms with van der Waals surface area (Å²) in [5.74, 6) is -0.243. The minimum Gasteiger partial charge on any atom is -0.327 e. The van der Waals surface area contributed by atoms with Crippen LogP contribution in [0.4, 0.5) is 5.69 Å². The van der Waals surface area contributed by atoms with Gasteiger partial charge in [0.2, 0.25) is 5.91 Å². The SMILES string of the molecule is CC(N)C(C)C(=O)Nc1cccc(Br)c1.Cl. The Kier molecular flexibility index (Phi) is 6.64. The smallest absolute Gasteiger partial charge is 0.228 e. The summed E-state index contributed by atoms with van der Waals surface area (Å²) in [7, 11) is 0. The third-order valence-corrected chi connectivity index (χ3v) is 2.79. The first-order valence-electron chi connectivity index (χ1n) is 4.82. The van der Waals surface area contributed by atoms with Crippen molar-refractivity contribution in [1.82, 2.24) is 0 Å². The number of carbonyl (C=O) groups is 1. The Balaban J connectivity index is 0.00000225. The Morgan fingerprint density at radius 1 is 1.44 bits per heavy atom. The summed E-state index contributed by atoms with van der Waals surface area (Å²) < 4.78 is 0.939. The van der Waals surface area contributed by atoms with Gasteiger partial charge in [0.05, 0.1) is 5.92 Å². The number of hydrogen-bond donors (Lipinski definition) is 2. The molecule has 0 saturated heterocycles. The minimum atomic E-state index is -0.191. The molecule has 0 radical (unpaired) electrons. The van der Waals surface area contributed by atoms with Gasteiger partial charge in [-0.05, 0) is 25.1 Å². The van der Waals surface area contributed by atoms with E-state index in [0.29, 0.717) is 0 Å². The second-order valence-electron chi connectivity index (χ2n) is 3.65. The Bertz CT molecular complexity index is 358. The normalized spacial score (nSPS) is 13.5. The zero-order chi connectivity index (χ0) is 11.4. The van der Waals surface area contributed by atoms with Crippen LogP contribution in [-0.4, -0.2) is 11.9 Å². The highest BCUT2D eigenvalue weighted by Gasteiger charge is 2.16. The second kappa shape index (κ2) is 6.89. The summed E-state index contributed by atoms with van der Waals surface area (Å²) in [5.41, 5.74) is 6.43. The third kappa shape index (κ3) is 4.51. The van der Waals surface area contributed by atoms with Crippen molar-refractivity contribution >= 4 is 39.9 Å². The number of carbonyl (C=O) groups excluding carboxylic acids is 1. The quantitative estimate of drug-likeness (QED) is 0.902. The van der Waals surface area contributed by atoms with Crippen LogP contribution < -0.4 is 11.1 Å². The standard InChI is InChI=1S/C11H15BrN2O.ClH/c1-7(8(2)13)11(15)14-10-5-3-4-9(12)6-10;/h3-8H,13H2,1-2H3,(H,14,15);1H. The van der Waals surface area contributed by atoms with Gasteiger partial charge in [0.15, 0.2) is 0 Å². The number of halogens is 2. The number of rotatable bonds is 3. The summed E-state index contributed by atoms with van der Waals surface area (Å²) >= 11 is 3.34. The monoisotopic (exact) mass is 306 g/mol. The molecule has 1 amide bonds. The van der Waals surface area contributed by atoms with Crippen molar-refractivity contribution < 1.29 is 4.79 Å². The van der Waals surface area contributed by atoms with Crippen molar-refractivity contribution in [3.8, 4) is 0 Å². The topological polar surface area (TPSA) is 55.1 Å². The number of nitrogens with one attached hydrogen (secondary N) is 1. The Labute approximate surface area is 110 Å². The van der Waals surface area contributed by atoms with E-state index in [0.717, 1.165) is 10.2 Å². The first-order valence-corrected chi connectivity index (χ1v) is 5.62. The van der Waals surface area contributed by atoms with E-state index < -0.39 is 0 Å². The van der Waals surface area contributed by atoms with Crippen molar-refractivity contribution in [2.24, 2.45) is 11.7 Å². The average molecular weight is 308 g/mol. The van der Waals surface area contributed by atoms with Gasteiger partial charge in [-0.1, -0.05) is 28.9 Å². The highest BCUT2D eigenvalue weighted by atomic mass is 79.9. The van der Waals surface area contributed by atoms with E-state index in [1.165, 1.54) is 0 Å². The number of amides is 1.